The van der Waals surface area contributed by atoms with Gasteiger partial charge in [-0.1, -0.05) is 43.3 Å². The summed E-state index contributed by atoms with van der Waals surface area (Å²) in [5.74, 6) is 0.393. The third-order valence-electron chi connectivity index (χ3n) is 4.14. The fraction of sp³-hybridized carbons (Fsp3) is 0.250. The van der Waals surface area contributed by atoms with E-state index in [0.29, 0.717) is 5.82 Å². The summed E-state index contributed by atoms with van der Waals surface area (Å²) < 4.78 is 1.83. The molecule has 5 nitrogen and oxygen atoms in total. The smallest absolute Gasteiger partial charge is 0.233 e. The van der Waals surface area contributed by atoms with E-state index in [1.54, 1.807) is 6.20 Å². The molecule has 2 aromatic heterocycles. The molecule has 1 N–H and O–H groups in total. The van der Waals surface area contributed by atoms with E-state index >= 15 is 0 Å². The fourth-order valence-electron chi connectivity index (χ4n) is 2.80. The zero-order chi connectivity index (χ0) is 17.5. The van der Waals surface area contributed by atoms with Gasteiger partial charge in [-0.05, 0) is 24.1 Å². The maximum atomic E-state index is 12.6. The molecule has 0 aliphatic heterocycles. The molecule has 25 heavy (non-hydrogen) atoms. The maximum absolute atomic E-state index is 12.6. The van der Waals surface area contributed by atoms with Gasteiger partial charge in [-0.15, -0.1) is 0 Å². The number of carbonyl (C=O) groups is 1. The minimum absolute atomic E-state index is 0.0244. The molecule has 1 aromatic carbocycles. The predicted octanol–water partition coefficient (Wildman–Crippen LogP) is 3.65. The lowest BCUT2D eigenvalue weighted by atomic mass is 9.96. The molecule has 0 saturated heterocycles. The number of aromatic nitrogens is 3. The van der Waals surface area contributed by atoms with Crippen LogP contribution in [0.3, 0.4) is 0 Å². The predicted molar refractivity (Wildman–Crippen MR) is 98.3 cm³/mol. The van der Waals surface area contributed by atoms with Crippen molar-refractivity contribution in [1.82, 2.24) is 14.8 Å². The third kappa shape index (κ3) is 4.53. The van der Waals surface area contributed by atoms with Crippen LogP contribution in [0.25, 0.3) is 0 Å². The number of amides is 1. The summed E-state index contributed by atoms with van der Waals surface area (Å²) >= 11 is 0. The van der Waals surface area contributed by atoms with Gasteiger partial charge >= 0.3 is 0 Å². The van der Waals surface area contributed by atoms with Gasteiger partial charge in [0.25, 0.3) is 0 Å². The highest BCUT2D eigenvalue weighted by Gasteiger charge is 2.19. The van der Waals surface area contributed by atoms with E-state index in [-0.39, 0.29) is 11.8 Å². The third-order valence-corrected chi connectivity index (χ3v) is 4.14. The Balaban J connectivity index is 1.59. The first-order valence-corrected chi connectivity index (χ1v) is 8.55. The van der Waals surface area contributed by atoms with E-state index in [4.69, 9.17) is 0 Å². The second-order valence-corrected chi connectivity index (χ2v) is 5.90. The first kappa shape index (κ1) is 16.9. The summed E-state index contributed by atoms with van der Waals surface area (Å²) in [5.41, 5.74) is 2.05. The van der Waals surface area contributed by atoms with Gasteiger partial charge in [0.15, 0.2) is 5.82 Å². The number of aryl methyl sites for hydroxylation is 2. The van der Waals surface area contributed by atoms with Crippen LogP contribution in [0.1, 0.15) is 30.5 Å². The molecule has 2 heterocycles. The van der Waals surface area contributed by atoms with Gasteiger partial charge in [0.2, 0.25) is 5.91 Å². The number of hydrogen-bond acceptors (Lipinski definition) is 3. The maximum Gasteiger partial charge on any atom is 0.233 e. The molecule has 3 aromatic rings. The van der Waals surface area contributed by atoms with Crippen LogP contribution in [0.5, 0.6) is 0 Å². The molecular weight excluding hydrogens is 312 g/mol. The highest BCUT2D eigenvalue weighted by Crippen LogP contribution is 2.21. The number of rotatable bonds is 7. The van der Waals surface area contributed by atoms with E-state index in [2.05, 4.69) is 15.4 Å². The lowest BCUT2D eigenvalue weighted by molar-refractivity contribution is -0.117. The lowest BCUT2D eigenvalue weighted by Crippen LogP contribution is -2.21. The van der Waals surface area contributed by atoms with Crippen molar-refractivity contribution < 1.29 is 4.79 Å². The summed E-state index contributed by atoms with van der Waals surface area (Å²) in [6.45, 7) is 2.74. The van der Waals surface area contributed by atoms with Crippen LogP contribution < -0.4 is 5.32 Å². The Kier molecular flexibility index (Phi) is 5.57. The molecular formula is C20H22N4O. The monoisotopic (exact) mass is 334 g/mol. The van der Waals surface area contributed by atoms with E-state index in [9.17, 15) is 4.79 Å². The lowest BCUT2D eigenvalue weighted by Gasteiger charge is -2.14. The van der Waals surface area contributed by atoms with Crippen molar-refractivity contribution in [2.45, 2.75) is 32.2 Å². The Morgan fingerprint density at radius 3 is 2.64 bits per heavy atom. The fourth-order valence-corrected chi connectivity index (χ4v) is 2.80. The van der Waals surface area contributed by atoms with E-state index in [0.717, 1.165) is 30.6 Å². The molecule has 0 saturated carbocycles. The van der Waals surface area contributed by atoms with Gasteiger partial charge < -0.3 is 5.32 Å². The van der Waals surface area contributed by atoms with Crippen LogP contribution >= 0.6 is 0 Å². The number of hydrogen-bond donors (Lipinski definition) is 1. The van der Waals surface area contributed by atoms with Gasteiger partial charge in [0.05, 0.1) is 5.92 Å². The van der Waals surface area contributed by atoms with Crippen molar-refractivity contribution >= 4 is 11.7 Å². The van der Waals surface area contributed by atoms with Gasteiger partial charge in [-0.25, -0.2) is 0 Å². The van der Waals surface area contributed by atoms with Crippen LogP contribution in [-0.2, 0) is 17.8 Å². The SMILES string of the molecule is CC[C@H](C(=O)Nc1ccn(CCc2ccccn2)n1)c1ccccc1. The molecule has 0 radical (unpaired) electrons. The average Bonchev–Trinajstić information content (AvgIpc) is 3.10. The summed E-state index contributed by atoms with van der Waals surface area (Å²) in [6.07, 6.45) is 5.22. The standard InChI is InChI=1S/C20H22N4O/c1-2-18(16-8-4-3-5-9-16)20(25)22-19-12-15-24(23-19)14-11-17-10-6-7-13-21-17/h3-10,12-13,15,18H,2,11,14H2,1H3,(H,22,23,25)/t18-/m0/s1. The highest BCUT2D eigenvalue weighted by atomic mass is 16.2. The summed E-state index contributed by atoms with van der Waals surface area (Å²) in [4.78, 5) is 16.9. The van der Waals surface area contributed by atoms with Crippen LogP contribution in [0.4, 0.5) is 5.82 Å². The van der Waals surface area contributed by atoms with Crippen LogP contribution in [0, 0.1) is 0 Å². The number of carbonyl (C=O) groups excluding carboxylic acids is 1. The molecule has 1 amide bonds. The van der Waals surface area contributed by atoms with E-state index in [1.807, 2.05) is 72.4 Å². The Bertz CT molecular complexity index is 799. The molecule has 0 spiro atoms. The Hall–Kier alpha value is -2.95. The van der Waals surface area contributed by atoms with Crippen molar-refractivity contribution in [3.8, 4) is 0 Å². The van der Waals surface area contributed by atoms with E-state index in [1.165, 1.54) is 0 Å². The van der Waals surface area contributed by atoms with Crippen molar-refractivity contribution in [2.24, 2.45) is 0 Å². The van der Waals surface area contributed by atoms with Crippen molar-refractivity contribution in [2.75, 3.05) is 5.32 Å². The van der Waals surface area contributed by atoms with Crippen molar-refractivity contribution in [1.29, 1.82) is 0 Å². The first-order valence-electron chi connectivity index (χ1n) is 8.55. The molecule has 1 atom stereocenters. The largest absolute Gasteiger partial charge is 0.309 e. The first-order chi connectivity index (χ1) is 12.3. The van der Waals surface area contributed by atoms with Gasteiger partial charge in [-0.3, -0.25) is 14.5 Å². The second-order valence-electron chi connectivity index (χ2n) is 5.90. The summed E-state index contributed by atoms with van der Waals surface area (Å²) in [6, 6.07) is 17.5. The van der Waals surface area contributed by atoms with Gasteiger partial charge in [-0.2, -0.15) is 5.10 Å². The van der Waals surface area contributed by atoms with Crippen molar-refractivity contribution in [3.63, 3.8) is 0 Å². The summed E-state index contributed by atoms with van der Waals surface area (Å²) in [5, 5.41) is 7.36. The molecule has 0 bridgehead atoms. The molecule has 3 rings (SSSR count). The van der Waals surface area contributed by atoms with Crippen LogP contribution in [0.2, 0.25) is 0 Å². The molecule has 0 fully saturated rings. The zero-order valence-electron chi connectivity index (χ0n) is 14.3. The van der Waals surface area contributed by atoms with Crippen LogP contribution in [0.15, 0.2) is 67.0 Å². The number of nitrogens with one attached hydrogen (secondary N) is 1. The average molecular weight is 334 g/mol. The highest BCUT2D eigenvalue weighted by molar-refractivity contribution is 5.95. The van der Waals surface area contributed by atoms with Gasteiger partial charge in [0.1, 0.15) is 0 Å². The number of benzene rings is 1. The Labute approximate surface area is 147 Å². The number of nitrogens with zero attached hydrogens (tertiary/aromatic N) is 3. The molecule has 0 aliphatic carbocycles. The van der Waals surface area contributed by atoms with E-state index < -0.39 is 0 Å². The summed E-state index contributed by atoms with van der Waals surface area (Å²) in [7, 11) is 0. The topological polar surface area (TPSA) is 59.8 Å². The van der Waals surface area contributed by atoms with Gasteiger partial charge in [0, 0.05) is 37.1 Å². The normalized spacial score (nSPS) is 11.9. The Morgan fingerprint density at radius 1 is 1.12 bits per heavy atom. The molecule has 0 unspecified atom stereocenters. The minimum atomic E-state index is -0.167. The van der Waals surface area contributed by atoms with Crippen molar-refractivity contribution in [3.05, 3.63) is 78.2 Å². The molecule has 128 valence electrons. The second kappa shape index (κ2) is 8.24. The number of pyridine rings is 1. The Morgan fingerprint density at radius 2 is 1.92 bits per heavy atom. The molecule has 5 heteroatoms. The number of anilines is 1. The minimum Gasteiger partial charge on any atom is -0.309 e. The zero-order valence-corrected chi connectivity index (χ0v) is 14.3. The van der Waals surface area contributed by atoms with Crippen LogP contribution in [-0.4, -0.2) is 20.7 Å². The quantitative estimate of drug-likeness (QED) is 0.717. The molecule has 0 aliphatic rings.